The largest absolute Gasteiger partial charge is 0.375 e. The highest BCUT2D eigenvalue weighted by Crippen LogP contribution is 2.34. The van der Waals surface area contributed by atoms with Crippen LogP contribution < -0.4 is 0 Å². The summed E-state index contributed by atoms with van der Waals surface area (Å²) in [5, 5.41) is 0. The van der Waals surface area contributed by atoms with Crippen LogP contribution in [0.3, 0.4) is 0 Å². The van der Waals surface area contributed by atoms with E-state index in [1.54, 1.807) is 0 Å². The molecular formula is C13H18Cl2N2. The molecule has 4 heteroatoms. The number of hydrogen-bond donors (Lipinski definition) is 0. The molecule has 2 bridgehead atoms. The van der Waals surface area contributed by atoms with Crippen LogP contribution in [0.1, 0.15) is 24.8 Å². The molecule has 4 heterocycles. The van der Waals surface area contributed by atoms with E-state index in [0.717, 1.165) is 5.92 Å². The van der Waals surface area contributed by atoms with Gasteiger partial charge in [0.1, 0.15) is 0 Å². The average Bonchev–Trinajstić information content (AvgIpc) is 2.32. The van der Waals surface area contributed by atoms with E-state index in [2.05, 4.69) is 22.0 Å². The number of rotatable bonds is 1. The topological polar surface area (TPSA) is 16.1 Å². The summed E-state index contributed by atoms with van der Waals surface area (Å²) >= 11 is 0. The summed E-state index contributed by atoms with van der Waals surface area (Å²) in [5.74, 6) is 0.943. The minimum Gasteiger partial charge on any atom is -0.375 e. The van der Waals surface area contributed by atoms with Crippen molar-refractivity contribution in [3.05, 3.63) is 35.8 Å². The molecule has 0 amide bonds. The van der Waals surface area contributed by atoms with Crippen molar-refractivity contribution in [1.29, 1.82) is 0 Å². The molecule has 2 nitrogen and oxygen atoms in total. The maximum Gasteiger partial charge on any atom is 0.0340 e. The SMILES string of the molecule is C(=C1CC2CCN1CC2)c1cccnc1.Cl.Cl. The second-order valence-electron chi connectivity index (χ2n) is 4.56. The Labute approximate surface area is 115 Å². The van der Waals surface area contributed by atoms with E-state index in [-0.39, 0.29) is 24.8 Å². The summed E-state index contributed by atoms with van der Waals surface area (Å²) in [4.78, 5) is 6.68. The quantitative estimate of drug-likeness (QED) is 0.779. The third-order valence-electron chi connectivity index (χ3n) is 3.54. The van der Waals surface area contributed by atoms with Gasteiger partial charge in [0.25, 0.3) is 0 Å². The number of piperidine rings is 3. The second-order valence-corrected chi connectivity index (χ2v) is 4.56. The third kappa shape index (κ3) is 3.14. The van der Waals surface area contributed by atoms with Crippen LogP contribution in [0.2, 0.25) is 0 Å². The fourth-order valence-corrected chi connectivity index (χ4v) is 2.65. The summed E-state index contributed by atoms with van der Waals surface area (Å²) < 4.78 is 0. The number of allylic oxidation sites excluding steroid dienone is 1. The Morgan fingerprint density at radius 2 is 2.00 bits per heavy atom. The maximum absolute atomic E-state index is 4.15. The fraction of sp³-hybridized carbons (Fsp3) is 0.462. The van der Waals surface area contributed by atoms with Gasteiger partial charge in [0.15, 0.2) is 0 Å². The number of fused-ring (bicyclic) bond motifs is 3. The highest BCUT2D eigenvalue weighted by Gasteiger charge is 2.28. The lowest BCUT2D eigenvalue weighted by molar-refractivity contribution is 0.163. The van der Waals surface area contributed by atoms with Crippen molar-refractivity contribution in [1.82, 2.24) is 9.88 Å². The van der Waals surface area contributed by atoms with Gasteiger partial charge in [-0.3, -0.25) is 4.98 Å². The van der Waals surface area contributed by atoms with E-state index < -0.39 is 0 Å². The van der Waals surface area contributed by atoms with Crippen molar-refractivity contribution in [3.8, 4) is 0 Å². The second kappa shape index (κ2) is 6.27. The zero-order valence-electron chi connectivity index (χ0n) is 9.71. The van der Waals surface area contributed by atoms with E-state index in [4.69, 9.17) is 0 Å². The van der Waals surface area contributed by atoms with Crippen molar-refractivity contribution in [2.75, 3.05) is 13.1 Å². The monoisotopic (exact) mass is 272 g/mol. The Morgan fingerprint density at radius 1 is 1.24 bits per heavy atom. The van der Waals surface area contributed by atoms with Gasteiger partial charge in [0.05, 0.1) is 0 Å². The van der Waals surface area contributed by atoms with Gasteiger partial charge < -0.3 is 4.90 Å². The molecule has 0 spiro atoms. The Hall–Kier alpha value is -0.730. The summed E-state index contributed by atoms with van der Waals surface area (Å²) in [7, 11) is 0. The van der Waals surface area contributed by atoms with Crippen molar-refractivity contribution in [2.45, 2.75) is 19.3 Å². The molecule has 1 aromatic heterocycles. The van der Waals surface area contributed by atoms with Crippen molar-refractivity contribution in [2.24, 2.45) is 5.92 Å². The van der Waals surface area contributed by atoms with E-state index >= 15 is 0 Å². The lowest BCUT2D eigenvalue weighted by Gasteiger charge is -2.42. The van der Waals surface area contributed by atoms with E-state index in [1.165, 1.54) is 43.6 Å². The van der Waals surface area contributed by atoms with E-state index in [9.17, 15) is 0 Å². The van der Waals surface area contributed by atoms with Gasteiger partial charge >= 0.3 is 0 Å². The van der Waals surface area contributed by atoms with Gasteiger partial charge in [-0.2, -0.15) is 0 Å². The molecule has 94 valence electrons. The smallest absolute Gasteiger partial charge is 0.0340 e. The van der Waals surface area contributed by atoms with Crippen LogP contribution in [0.5, 0.6) is 0 Å². The molecule has 0 atom stereocenters. The van der Waals surface area contributed by atoms with Crippen LogP contribution in [0, 0.1) is 5.92 Å². The molecule has 0 N–H and O–H groups in total. The molecule has 0 aromatic carbocycles. The first-order valence-electron chi connectivity index (χ1n) is 5.77. The van der Waals surface area contributed by atoms with Gasteiger partial charge in [-0.25, -0.2) is 0 Å². The van der Waals surface area contributed by atoms with Crippen molar-refractivity contribution < 1.29 is 0 Å². The summed E-state index contributed by atoms with van der Waals surface area (Å²) in [6.45, 7) is 2.52. The highest BCUT2D eigenvalue weighted by molar-refractivity contribution is 5.85. The van der Waals surface area contributed by atoms with Crippen molar-refractivity contribution in [3.63, 3.8) is 0 Å². The number of hydrogen-bond acceptors (Lipinski definition) is 2. The number of pyridine rings is 1. The van der Waals surface area contributed by atoms with Gasteiger partial charge in [-0.1, -0.05) is 6.07 Å². The summed E-state index contributed by atoms with van der Waals surface area (Å²) in [6.07, 6.45) is 10.1. The Kier molecular flexibility index (Phi) is 5.29. The van der Waals surface area contributed by atoms with Gasteiger partial charge in [0.2, 0.25) is 0 Å². The zero-order chi connectivity index (χ0) is 10.1. The van der Waals surface area contributed by atoms with Crippen LogP contribution in [-0.4, -0.2) is 23.0 Å². The molecule has 17 heavy (non-hydrogen) atoms. The first-order valence-corrected chi connectivity index (χ1v) is 5.77. The Morgan fingerprint density at radius 3 is 2.53 bits per heavy atom. The molecule has 3 saturated heterocycles. The molecule has 0 saturated carbocycles. The molecule has 1 aromatic rings. The minimum atomic E-state index is 0. The lowest BCUT2D eigenvalue weighted by Crippen LogP contribution is -2.39. The molecule has 3 aliphatic rings. The minimum absolute atomic E-state index is 0. The number of aromatic nitrogens is 1. The third-order valence-corrected chi connectivity index (χ3v) is 3.54. The first kappa shape index (κ1) is 14.3. The Balaban J connectivity index is 0.000000722. The van der Waals surface area contributed by atoms with Gasteiger partial charge in [-0.15, -0.1) is 24.8 Å². The standard InChI is InChI=1S/C13H16N2.2ClH/c1-2-12(10-14-5-1)9-13-8-11-3-6-15(13)7-4-11;;/h1-2,5,9-11H,3-4,6-8H2;2*1H. The molecule has 0 unspecified atom stereocenters. The molecule has 3 fully saturated rings. The van der Waals surface area contributed by atoms with Crippen LogP contribution >= 0.6 is 24.8 Å². The average molecular weight is 273 g/mol. The number of halogens is 2. The molecule has 4 rings (SSSR count). The molecule has 0 radical (unpaired) electrons. The van der Waals surface area contributed by atoms with Gasteiger partial charge in [0, 0.05) is 31.2 Å². The maximum atomic E-state index is 4.15. The molecular weight excluding hydrogens is 255 g/mol. The molecule has 3 aliphatic heterocycles. The fourth-order valence-electron chi connectivity index (χ4n) is 2.65. The van der Waals surface area contributed by atoms with Gasteiger partial charge in [-0.05, 0) is 42.9 Å². The van der Waals surface area contributed by atoms with Crippen molar-refractivity contribution >= 4 is 30.9 Å². The Bertz CT molecular complexity index is 370. The summed E-state index contributed by atoms with van der Waals surface area (Å²) in [6, 6.07) is 4.13. The first-order chi connectivity index (χ1) is 7.42. The zero-order valence-corrected chi connectivity index (χ0v) is 11.3. The number of nitrogens with zero attached hydrogens (tertiary/aromatic N) is 2. The van der Waals surface area contributed by atoms with Crippen LogP contribution in [0.25, 0.3) is 6.08 Å². The highest BCUT2D eigenvalue weighted by atomic mass is 35.5. The lowest BCUT2D eigenvalue weighted by atomic mass is 9.85. The van der Waals surface area contributed by atoms with Crippen LogP contribution in [0.15, 0.2) is 30.2 Å². The van der Waals surface area contributed by atoms with Crippen LogP contribution in [0.4, 0.5) is 0 Å². The normalized spacial score (nSPS) is 20.9. The predicted molar refractivity (Wildman–Crippen MR) is 75.6 cm³/mol. The molecule has 0 aliphatic carbocycles. The predicted octanol–water partition coefficient (Wildman–Crippen LogP) is 3.38. The van der Waals surface area contributed by atoms with E-state index in [1.807, 2.05) is 18.5 Å². The van der Waals surface area contributed by atoms with E-state index in [0.29, 0.717) is 0 Å². The van der Waals surface area contributed by atoms with Crippen LogP contribution in [-0.2, 0) is 0 Å². The summed E-state index contributed by atoms with van der Waals surface area (Å²) in [5.41, 5.74) is 2.76.